The predicted molar refractivity (Wildman–Crippen MR) is 118 cm³/mol. The molecule has 1 aromatic heterocycles. The molecule has 2 fully saturated rings. The van der Waals surface area contributed by atoms with Crippen LogP contribution in [-0.2, 0) is 14.3 Å². The molecule has 0 radical (unpaired) electrons. The number of nitrogens with zero attached hydrogens (tertiary/aromatic N) is 3. The topological polar surface area (TPSA) is 91.8 Å². The third-order valence-electron chi connectivity index (χ3n) is 5.57. The van der Waals surface area contributed by atoms with Crippen LogP contribution in [0.3, 0.4) is 0 Å². The maximum Gasteiger partial charge on any atom is 0.410 e. The molecule has 0 bridgehead atoms. The molecule has 0 aromatic carbocycles. The fourth-order valence-electron chi connectivity index (χ4n) is 3.98. The number of likely N-dealkylation sites (tertiary alicyclic amines) is 2. The average Bonchev–Trinajstić information content (AvgIpc) is 2.74. The van der Waals surface area contributed by atoms with Crippen molar-refractivity contribution in [1.29, 1.82) is 0 Å². The molecule has 8 nitrogen and oxygen atoms in total. The lowest BCUT2D eigenvalue weighted by atomic mass is 9.94. The van der Waals surface area contributed by atoms with E-state index >= 15 is 0 Å². The Labute approximate surface area is 188 Å². The van der Waals surface area contributed by atoms with Crippen LogP contribution in [-0.4, -0.2) is 64.0 Å². The SMILES string of the molecule is CC(C)(C)OC(=O)N1CCCCC1C(=O)N1CCC(C(=O)Nc2ccc(Cl)cn2)CC1. The number of ether oxygens (including phenoxy) is 1. The molecule has 1 aromatic rings. The van der Waals surface area contributed by atoms with Crippen molar-refractivity contribution in [3.63, 3.8) is 0 Å². The first-order chi connectivity index (χ1) is 14.6. The summed E-state index contributed by atoms with van der Waals surface area (Å²) in [5.74, 6) is 0.122. The Hall–Kier alpha value is -2.35. The fraction of sp³-hybridized carbons (Fsp3) is 0.636. The summed E-state index contributed by atoms with van der Waals surface area (Å²) >= 11 is 5.82. The van der Waals surface area contributed by atoms with Gasteiger partial charge in [0.05, 0.1) is 5.02 Å². The van der Waals surface area contributed by atoms with Gasteiger partial charge >= 0.3 is 6.09 Å². The normalized spacial score (nSPS) is 20.3. The molecule has 31 heavy (non-hydrogen) atoms. The van der Waals surface area contributed by atoms with Crippen molar-refractivity contribution >= 4 is 35.3 Å². The van der Waals surface area contributed by atoms with Gasteiger partial charge in [-0.2, -0.15) is 0 Å². The molecular formula is C22H31ClN4O4. The molecule has 0 aliphatic carbocycles. The highest BCUT2D eigenvalue weighted by atomic mass is 35.5. The van der Waals surface area contributed by atoms with Gasteiger partial charge in [-0.05, 0) is 65.0 Å². The predicted octanol–water partition coefficient (Wildman–Crippen LogP) is 3.70. The van der Waals surface area contributed by atoms with Gasteiger partial charge in [-0.15, -0.1) is 0 Å². The molecule has 0 spiro atoms. The van der Waals surface area contributed by atoms with Gasteiger partial charge in [0.1, 0.15) is 17.5 Å². The van der Waals surface area contributed by atoms with E-state index in [2.05, 4.69) is 10.3 Å². The summed E-state index contributed by atoms with van der Waals surface area (Å²) in [5.41, 5.74) is -0.604. The zero-order valence-electron chi connectivity index (χ0n) is 18.4. The van der Waals surface area contributed by atoms with Crippen molar-refractivity contribution in [2.75, 3.05) is 25.0 Å². The van der Waals surface area contributed by atoms with E-state index in [0.717, 1.165) is 12.8 Å². The molecule has 0 saturated carbocycles. The van der Waals surface area contributed by atoms with Crippen LogP contribution in [0.1, 0.15) is 52.9 Å². The summed E-state index contributed by atoms with van der Waals surface area (Å²) in [6.45, 7) is 6.97. The smallest absolute Gasteiger partial charge is 0.410 e. The molecule has 1 unspecified atom stereocenters. The largest absolute Gasteiger partial charge is 0.444 e. The zero-order valence-corrected chi connectivity index (χ0v) is 19.2. The van der Waals surface area contributed by atoms with Gasteiger partial charge in [0, 0.05) is 31.7 Å². The lowest BCUT2D eigenvalue weighted by Gasteiger charge is -2.40. The van der Waals surface area contributed by atoms with Gasteiger partial charge in [-0.1, -0.05) is 11.6 Å². The van der Waals surface area contributed by atoms with Crippen molar-refractivity contribution in [3.8, 4) is 0 Å². The van der Waals surface area contributed by atoms with E-state index in [0.29, 0.717) is 49.7 Å². The maximum absolute atomic E-state index is 13.2. The Kier molecular flexibility index (Phi) is 7.41. The molecule has 170 valence electrons. The number of nitrogens with one attached hydrogen (secondary N) is 1. The van der Waals surface area contributed by atoms with E-state index in [9.17, 15) is 14.4 Å². The summed E-state index contributed by atoms with van der Waals surface area (Å²) in [4.78, 5) is 45.8. The number of rotatable bonds is 3. The number of pyridine rings is 1. The van der Waals surface area contributed by atoms with E-state index in [1.54, 1.807) is 21.9 Å². The van der Waals surface area contributed by atoms with Crippen LogP contribution in [0.15, 0.2) is 18.3 Å². The van der Waals surface area contributed by atoms with Gasteiger partial charge in [0.15, 0.2) is 0 Å². The second-order valence-electron chi connectivity index (χ2n) is 9.14. The summed E-state index contributed by atoms with van der Waals surface area (Å²) in [7, 11) is 0. The maximum atomic E-state index is 13.2. The van der Waals surface area contributed by atoms with Crippen LogP contribution >= 0.6 is 11.6 Å². The Morgan fingerprint density at radius 3 is 2.42 bits per heavy atom. The first-order valence-corrected chi connectivity index (χ1v) is 11.2. The first-order valence-electron chi connectivity index (χ1n) is 10.8. The van der Waals surface area contributed by atoms with E-state index in [1.807, 2.05) is 20.8 Å². The summed E-state index contributed by atoms with van der Waals surface area (Å²) < 4.78 is 5.51. The minimum atomic E-state index is -0.604. The number of hydrogen-bond donors (Lipinski definition) is 1. The van der Waals surface area contributed by atoms with Gasteiger partial charge < -0.3 is 15.0 Å². The van der Waals surface area contributed by atoms with Crippen LogP contribution in [0.25, 0.3) is 0 Å². The van der Waals surface area contributed by atoms with Crippen LogP contribution in [0.2, 0.25) is 5.02 Å². The minimum absolute atomic E-state index is 0.0521. The van der Waals surface area contributed by atoms with Crippen molar-refractivity contribution in [1.82, 2.24) is 14.8 Å². The standard InChI is InChI=1S/C22H31ClN4O4/c1-22(2,3)31-21(30)27-11-5-4-6-17(27)20(29)26-12-9-15(10-13-26)19(28)25-18-8-7-16(23)14-24-18/h7-8,14-15,17H,4-6,9-13H2,1-3H3,(H,24,25,28). The number of hydrogen-bond acceptors (Lipinski definition) is 5. The average molecular weight is 451 g/mol. The molecule has 3 rings (SSSR count). The molecule has 1 atom stereocenters. The molecule has 2 aliphatic rings. The highest BCUT2D eigenvalue weighted by Crippen LogP contribution is 2.25. The Morgan fingerprint density at radius 2 is 1.81 bits per heavy atom. The van der Waals surface area contributed by atoms with E-state index in [1.165, 1.54) is 6.20 Å². The number of anilines is 1. The first kappa shape index (κ1) is 23.3. The fourth-order valence-corrected chi connectivity index (χ4v) is 4.09. The highest BCUT2D eigenvalue weighted by molar-refractivity contribution is 6.30. The molecule has 2 saturated heterocycles. The van der Waals surface area contributed by atoms with Crippen LogP contribution in [0.4, 0.5) is 10.6 Å². The van der Waals surface area contributed by atoms with Crippen LogP contribution in [0, 0.1) is 5.92 Å². The Bertz CT molecular complexity index is 801. The summed E-state index contributed by atoms with van der Waals surface area (Å²) in [5, 5.41) is 3.32. The van der Waals surface area contributed by atoms with E-state index in [-0.39, 0.29) is 17.7 Å². The number of piperidine rings is 2. The molecule has 9 heteroatoms. The summed E-state index contributed by atoms with van der Waals surface area (Å²) in [6, 6.07) is 2.84. The number of aromatic nitrogens is 1. The van der Waals surface area contributed by atoms with Gasteiger partial charge in [-0.3, -0.25) is 14.5 Å². The van der Waals surface area contributed by atoms with Crippen molar-refractivity contribution in [2.24, 2.45) is 5.92 Å². The van der Waals surface area contributed by atoms with Crippen LogP contribution < -0.4 is 5.32 Å². The third-order valence-corrected chi connectivity index (χ3v) is 5.80. The number of amides is 3. The van der Waals surface area contributed by atoms with Gasteiger partial charge in [-0.25, -0.2) is 9.78 Å². The minimum Gasteiger partial charge on any atom is -0.444 e. The second-order valence-corrected chi connectivity index (χ2v) is 9.57. The van der Waals surface area contributed by atoms with Crippen molar-refractivity contribution in [2.45, 2.75) is 64.5 Å². The molecular weight excluding hydrogens is 420 g/mol. The van der Waals surface area contributed by atoms with E-state index in [4.69, 9.17) is 16.3 Å². The highest BCUT2D eigenvalue weighted by Gasteiger charge is 2.38. The number of carbonyl (C=O) groups excluding carboxylic acids is 3. The van der Waals surface area contributed by atoms with E-state index < -0.39 is 17.7 Å². The molecule has 1 N–H and O–H groups in total. The van der Waals surface area contributed by atoms with Gasteiger partial charge in [0.2, 0.25) is 11.8 Å². The number of carbonyl (C=O) groups is 3. The quantitative estimate of drug-likeness (QED) is 0.757. The Morgan fingerprint density at radius 1 is 1.10 bits per heavy atom. The summed E-state index contributed by atoms with van der Waals surface area (Å²) in [6.07, 6.45) is 4.61. The Balaban J connectivity index is 1.55. The zero-order chi connectivity index (χ0) is 22.6. The van der Waals surface area contributed by atoms with Gasteiger partial charge in [0.25, 0.3) is 0 Å². The second kappa shape index (κ2) is 9.85. The lowest BCUT2D eigenvalue weighted by molar-refractivity contribution is -0.140. The lowest BCUT2D eigenvalue weighted by Crippen LogP contribution is -2.55. The van der Waals surface area contributed by atoms with Crippen molar-refractivity contribution < 1.29 is 19.1 Å². The molecule has 3 heterocycles. The molecule has 2 aliphatic heterocycles. The van der Waals surface area contributed by atoms with Crippen molar-refractivity contribution in [3.05, 3.63) is 23.4 Å². The number of halogens is 1. The van der Waals surface area contributed by atoms with Crippen LogP contribution in [0.5, 0.6) is 0 Å². The third kappa shape index (κ3) is 6.32. The monoisotopic (exact) mass is 450 g/mol. The molecule has 3 amide bonds.